The van der Waals surface area contributed by atoms with Crippen molar-refractivity contribution in [3.8, 4) is 0 Å². The second kappa shape index (κ2) is 4.56. The van der Waals surface area contributed by atoms with Crippen LogP contribution >= 0.6 is 0 Å². The van der Waals surface area contributed by atoms with Crippen molar-refractivity contribution < 1.29 is 22.7 Å². The van der Waals surface area contributed by atoms with Gasteiger partial charge in [0.15, 0.2) is 0 Å². The average molecular weight is 273 g/mol. The standard InChI is InChI=1S/C11H12FNO4S/c12-9-5-8(11(14)15)3-4-10(9)13-18(16,17)6-7-1-2-7/h3-5,7,13H,1-2,6H2,(H,14,15). The third-order valence-electron chi connectivity index (χ3n) is 2.63. The minimum atomic E-state index is -3.56. The van der Waals surface area contributed by atoms with Crippen LogP contribution in [0.15, 0.2) is 18.2 Å². The Bertz CT molecular complexity index is 581. The van der Waals surface area contributed by atoms with Crippen LogP contribution < -0.4 is 4.72 Å². The predicted octanol–water partition coefficient (Wildman–Crippen LogP) is 1.68. The zero-order chi connectivity index (χ0) is 13.3. The molecule has 0 heterocycles. The van der Waals surface area contributed by atoms with Crippen LogP contribution in [0.2, 0.25) is 0 Å². The summed E-state index contributed by atoms with van der Waals surface area (Å²) in [6, 6.07) is 3.06. The Morgan fingerprint density at radius 2 is 2.11 bits per heavy atom. The fourth-order valence-electron chi connectivity index (χ4n) is 1.53. The van der Waals surface area contributed by atoms with Crippen LogP contribution in [-0.4, -0.2) is 25.2 Å². The predicted molar refractivity (Wildman–Crippen MR) is 63.5 cm³/mol. The molecule has 1 aliphatic rings. The second-order valence-electron chi connectivity index (χ2n) is 4.33. The first kappa shape index (κ1) is 12.8. The number of benzene rings is 1. The molecular formula is C11H12FNO4S. The lowest BCUT2D eigenvalue weighted by Crippen LogP contribution is -2.18. The van der Waals surface area contributed by atoms with Crippen LogP contribution in [0, 0.1) is 11.7 Å². The van der Waals surface area contributed by atoms with E-state index in [1.165, 1.54) is 0 Å². The molecule has 2 rings (SSSR count). The zero-order valence-electron chi connectivity index (χ0n) is 9.39. The van der Waals surface area contributed by atoms with Crippen molar-refractivity contribution in [2.75, 3.05) is 10.5 Å². The van der Waals surface area contributed by atoms with E-state index in [0.717, 1.165) is 31.0 Å². The first-order chi connectivity index (χ1) is 8.37. The van der Waals surface area contributed by atoms with E-state index in [0.29, 0.717) is 0 Å². The molecule has 0 bridgehead atoms. The summed E-state index contributed by atoms with van der Waals surface area (Å²) >= 11 is 0. The Kier molecular flexibility index (Phi) is 3.25. The van der Waals surface area contributed by atoms with E-state index in [4.69, 9.17) is 5.11 Å². The van der Waals surface area contributed by atoms with Crippen molar-refractivity contribution in [1.82, 2.24) is 0 Å². The summed E-state index contributed by atoms with van der Waals surface area (Å²) in [5.74, 6) is -2.02. The molecule has 0 saturated heterocycles. The van der Waals surface area contributed by atoms with E-state index in [2.05, 4.69) is 4.72 Å². The summed E-state index contributed by atoms with van der Waals surface area (Å²) < 4.78 is 38.9. The summed E-state index contributed by atoms with van der Waals surface area (Å²) in [6.45, 7) is 0. The van der Waals surface area contributed by atoms with Crippen molar-refractivity contribution in [2.24, 2.45) is 5.92 Å². The number of carboxylic acid groups (broad SMARTS) is 1. The first-order valence-corrected chi connectivity index (χ1v) is 7.06. The lowest BCUT2D eigenvalue weighted by Gasteiger charge is -2.08. The highest BCUT2D eigenvalue weighted by molar-refractivity contribution is 7.92. The molecule has 1 aromatic rings. The van der Waals surface area contributed by atoms with Crippen LogP contribution in [0.25, 0.3) is 0 Å². The van der Waals surface area contributed by atoms with E-state index in [1.54, 1.807) is 0 Å². The van der Waals surface area contributed by atoms with Crippen LogP contribution in [0.1, 0.15) is 23.2 Å². The normalized spacial score (nSPS) is 15.4. The molecule has 0 radical (unpaired) electrons. The maximum absolute atomic E-state index is 13.5. The van der Waals surface area contributed by atoms with Gasteiger partial charge in [0.25, 0.3) is 0 Å². The minimum absolute atomic E-state index is 0.0207. The summed E-state index contributed by atoms with van der Waals surface area (Å²) in [5, 5.41) is 8.65. The number of halogens is 1. The van der Waals surface area contributed by atoms with Crippen molar-refractivity contribution in [3.63, 3.8) is 0 Å². The van der Waals surface area contributed by atoms with Gasteiger partial charge in [0, 0.05) is 0 Å². The van der Waals surface area contributed by atoms with E-state index < -0.39 is 21.8 Å². The molecule has 0 atom stereocenters. The quantitative estimate of drug-likeness (QED) is 0.854. The molecular weight excluding hydrogens is 261 g/mol. The lowest BCUT2D eigenvalue weighted by molar-refractivity contribution is 0.0696. The summed E-state index contributed by atoms with van der Waals surface area (Å²) in [5.41, 5.74) is -0.446. The molecule has 0 unspecified atom stereocenters. The Balaban J connectivity index is 2.16. The van der Waals surface area contributed by atoms with Crippen LogP contribution in [-0.2, 0) is 10.0 Å². The van der Waals surface area contributed by atoms with Gasteiger partial charge in [-0.05, 0) is 37.0 Å². The number of hydrogen-bond acceptors (Lipinski definition) is 3. The maximum atomic E-state index is 13.5. The molecule has 0 amide bonds. The summed E-state index contributed by atoms with van der Waals surface area (Å²) in [4.78, 5) is 10.6. The highest BCUT2D eigenvalue weighted by atomic mass is 32.2. The van der Waals surface area contributed by atoms with Crippen LogP contribution in [0.4, 0.5) is 10.1 Å². The zero-order valence-corrected chi connectivity index (χ0v) is 10.2. The van der Waals surface area contributed by atoms with Crippen molar-refractivity contribution in [2.45, 2.75) is 12.8 Å². The number of sulfonamides is 1. The molecule has 0 aliphatic heterocycles. The number of carboxylic acids is 1. The van der Waals surface area contributed by atoms with Gasteiger partial charge in [-0.15, -0.1) is 0 Å². The largest absolute Gasteiger partial charge is 0.478 e. The highest BCUT2D eigenvalue weighted by Crippen LogP contribution is 2.31. The number of aromatic carboxylic acids is 1. The van der Waals surface area contributed by atoms with E-state index >= 15 is 0 Å². The van der Waals surface area contributed by atoms with Crippen molar-refractivity contribution >= 4 is 21.7 Å². The third-order valence-corrected chi connectivity index (χ3v) is 4.07. The molecule has 98 valence electrons. The Hall–Kier alpha value is -1.63. The topological polar surface area (TPSA) is 83.5 Å². The van der Waals surface area contributed by atoms with Gasteiger partial charge >= 0.3 is 5.97 Å². The Morgan fingerprint density at radius 1 is 1.44 bits per heavy atom. The molecule has 1 aliphatic carbocycles. The summed E-state index contributed by atoms with van der Waals surface area (Å²) in [7, 11) is -3.56. The number of hydrogen-bond donors (Lipinski definition) is 2. The van der Waals surface area contributed by atoms with Gasteiger partial charge in [-0.25, -0.2) is 17.6 Å². The average Bonchev–Trinajstić information content (AvgIpc) is 3.03. The Morgan fingerprint density at radius 3 is 2.61 bits per heavy atom. The lowest BCUT2D eigenvalue weighted by atomic mass is 10.2. The Labute approximate surface area is 104 Å². The minimum Gasteiger partial charge on any atom is -0.478 e. The maximum Gasteiger partial charge on any atom is 0.335 e. The third kappa shape index (κ3) is 3.19. The van der Waals surface area contributed by atoms with E-state index in [-0.39, 0.29) is 22.9 Å². The molecule has 18 heavy (non-hydrogen) atoms. The molecule has 1 aromatic carbocycles. The number of anilines is 1. The van der Waals surface area contributed by atoms with Gasteiger partial charge in [-0.3, -0.25) is 4.72 Å². The fourth-order valence-corrected chi connectivity index (χ4v) is 3.07. The van der Waals surface area contributed by atoms with Gasteiger partial charge in [-0.1, -0.05) is 0 Å². The van der Waals surface area contributed by atoms with Gasteiger partial charge < -0.3 is 5.11 Å². The monoisotopic (exact) mass is 273 g/mol. The van der Waals surface area contributed by atoms with Gasteiger partial charge in [0.1, 0.15) is 5.82 Å². The SMILES string of the molecule is O=C(O)c1ccc(NS(=O)(=O)CC2CC2)c(F)c1. The first-order valence-electron chi connectivity index (χ1n) is 5.41. The molecule has 0 spiro atoms. The molecule has 1 fully saturated rings. The van der Waals surface area contributed by atoms with Gasteiger partial charge in [-0.2, -0.15) is 0 Å². The van der Waals surface area contributed by atoms with E-state index in [9.17, 15) is 17.6 Å². The number of rotatable bonds is 5. The molecule has 2 N–H and O–H groups in total. The molecule has 5 nitrogen and oxygen atoms in total. The number of carbonyl (C=O) groups is 1. The van der Waals surface area contributed by atoms with E-state index in [1.807, 2.05) is 0 Å². The van der Waals surface area contributed by atoms with Crippen LogP contribution in [0.3, 0.4) is 0 Å². The number of nitrogens with one attached hydrogen (secondary N) is 1. The van der Waals surface area contributed by atoms with Crippen molar-refractivity contribution in [3.05, 3.63) is 29.6 Å². The second-order valence-corrected chi connectivity index (χ2v) is 6.09. The smallest absolute Gasteiger partial charge is 0.335 e. The van der Waals surface area contributed by atoms with Gasteiger partial charge in [0.2, 0.25) is 10.0 Å². The van der Waals surface area contributed by atoms with Crippen LogP contribution in [0.5, 0.6) is 0 Å². The summed E-state index contributed by atoms with van der Waals surface area (Å²) in [6.07, 6.45) is 1.75. The molecule has 0 aromatic heterocycles. The fraction of sp³-hybridized carbons (Fsp3) is 0.364. The van der Waals surface area contributed by atoms with Gasteiger partial charge in [0.05, 0.1) is 17.0 Å². The van der Waals surface area contributed by atoms with Crippen molar-refractivity contribution in [1.29, 1.82) is 0 Å². The molecule has 7 heteroatoms. The highest BCUT2D eigenvalue weighted by Gasteiger charge is 2.28. The molecule has 1 saturated carbocycles.